The predicted octanol–water partition coefficient (Wildman–Crippen LogP) is 2.64. The molecule has 3 nitrogen and oxygen atoms in total. The van der Waals surface area contributed by atoms with Gasteiger partial charge in [0, 0.05) is 12.5 Å². The summed E-state index contributed by atoms with van der Waals surface area (Å²) in [4.78, 5) is 0. The molecule has 0 aliphatic heterocycles. The fourth-order valence-electron chi connectivity index (χ4n) is 1.55. The first-order chi connectivity index (χ1) is 7.63. The van der Waals surface area contributed by atoms with E-state index in [1.165, 1.54) is 13.2 Å². The molecule has 0 saturated carbocycles. The molecule has 0 bridgehead atoms. The van der Waals surface area contributed by atoms with Crippen LogP contribution in [0.15, 0.2) is 28.7 Å². The number of furan rings is 1. The number of ether oxygens (including phenoxy) is 1. The first-order valence-corrected chi connectivity index (χ1v) is 5.02. The summed E-state index contributed by atoms with van der Waals surface area (Å²) in [6.07, 6.45) is -1.29. The van der Waals surface area contributed by atoms with Crippen molar-refractivity contribution in [3.05, 3.63) is 35.8 Å². The molecule has 1 heterocycles. The highest BCUT2D eigenvalue weighted by Gasteiger charge is 2.20. The Morgan fingerprint density at radius 3 is 2.81 bits per heavy atom. The minimum atomic E-state index is -0.892. The molecule has 4 heteroatoms. The van der Waals surface area contributed by atoms with Crippen molar-refractivity contribution in [1.29, 1.82) is 0 Å². The summed E-state index contributed by atoms with van der Waals surface area (Å²) in [6.45, 7) is 1.72. The summed E-state index contributed by atoms with van der Waals surface area (Å²) in [5.41, 5.74) is 0.167. The second-order valence-electron chi connectivity index (χ2n) is 3.69. The lowest BCUT2D eigenvalue weighted by Gasteiger charge is -2.14. The zero-order chi connectivity index (χ0) is 11.7. The number of aliphatic hydroxyl groups excluding tert-OH is 1. The number of aliphatic hydroxyl groups is 1. The zero-order valence-corrected chi connectivity index (χ0v) is 9.11. The Morgan fingerprint density at radius 1 is 1.44 bits per heavy atom. The molecule has 1 N–H and O–H groups in total. The van der Waals surface area contributed by atoms with E-state index < -0.39 is 18.0 Å². The molecule has 2 rings (SSSR count). The third-order valence-corrected chi connectivity index (χ3v) is 2.62. The van der Waals surface area contributed by atoms with E-state index in [0.29, 0.717) is 11.1 Å². The Bertz CT molecular complexity index is 492. The van der Waals surface area contributed by atoms with Crippen molar-refractivity contribution in [2.24, 2.45) is 0 Å². The van der Waals surface area contributed by atoms with Gasteiger partial charge in [-0.25, -0.2) is 4.39 Å². The maximum atomic E-state index is 13.3. The smallest absolute Gasteiger partial charge is 0.170 e. The Labute approximate surface area is 92.4 Å². The van der Waals surface area contributed by atoms with Gasteiger partial charge in [-0.15, -0.1) is 0 Å². The summed E-state index contributed by atoms with van der Waals surface area (Å²) >= 11 is 0. The third kappa shape index (κ3) is 1.81. The molecule has 0 saturated heterocycles. The van der Waals surface area contributed by atoms with Crippen LogP contribution in [0.25, 0.3) is 11.0 Å². The minimum absolute atomic E-state index is 0.167. The normalized spacial score (nSPS) is 15.2. The van der Waals surface area contributed by atoms with E-state index in [9.17, 15) is 9.50 Å². The molecule has 16 heavy (non-hydrogen) atoms. The molecule has 0 fully saturated rings. The molecular formula is C12H13FO3. The lowest BCUT2D eigenvalue weighted by atomic mass is 10.1. The van der Waals surface area contributed by atoms with Crippen LogP contribution in [0.5, 0.6) is 0 Å². The van der Waals surface area contributed by atoms with Gasteiger partial charge in [0.1, 0.15) is 11.9 Å². The van der Waals surface area contributed by atoms with E-state index >= 15 is 0 Å². The van der Waals surface area contributed by atoms with Gasteiger partial charge in [-0.1, -0.05) is 12.1 Å². The highest BCUT2D eigenvalue weighted by molar-refractivity contribution is 5.78. The van der Waals surface area contributed by atoms with E-state index in [4.69, 9.17) is 9.15 Å². The molecule has 0 spiro atoms. The highest BCUT2D eigenvalue weighted by Crippen LogP contribution is 2.27. The van der Waals surface area contributed by atoms with Crippen molar-refractivity contribution in [3.63, 3.8) is 0 Å². The van der Waals surface area contributed by atoms with Crippen molar-refractivity contribution in [2.45, 2.75) is 19.1 Å². The maximum Gasteiger partial charge on any atom is 0.170 e. The van der Waals surface area contributed by atoms with Gasteiger partial charge in [0.15, 0.2) is 11.4 Å². The Kier molecular flexibility index (Phi) is 2.94. The number of hydrogen-bond acceptors (Lipinski definition) is 3. The second kappa shape index (κ2) is 4.23. The molecule has 0 aliphatic carbocycles. The lowest BCUT2D eigenvalue weighted by Crippen LogP contribution is -2.15. The molecule has 0 radical (unpaired) electrons. The molecule has 86 valence electrons. The van der Waals surface area contributed by atoms with Gasteiger partial charge < -0.3 is 14.3 Å². The topological polar surface area (TPSA) is 42.6 Å². The van der Waals surface area contributed by atoms with E-state index in [0.717, 1.165) is 0 Å². The van der Waals surface area contributed by atoms with Crippen LogP contribution in [-0.4, -0.2) is 18.3 Å². The molecular weight excluding hydrogens is 211 g/mol. The summed E-state index contributed by atoms with van der Waals surface area (Å²) < 4.78 is 23.6. The van der Waals surface area contributed by atoms with Crippen LogP contribution in [0.3, 0.4) is 0 Å². The standard InChI is InChI=1S/C12H13FO3/c1-7(15-2)11(14)10-6-8-4-3-5-9(13)12(8)16-10/h3-7,11,14H,1-2H3. The van der Waals surface area contributed by atoms with Gasteiger partial charge in [0.25, 0.3) is 0 Å². The van der Waals surface area contributed by atoms with Gasteiger partial charge in [-0.05, 0) is 19.1 Å². The van der Waals surface area contributed by atoms with Crippen LogP contribution in [-0.2, 0) is 4.74 Å². The minimum Gasteiger partial charge on any atom is -0.455 e. The summed E-state index contributed by atoms with van der Waals surface area (Å²) in [5, 5.41) is 10.5. The van der Waals surface area contributed by atoms with Gasteiger partial charge in [-0.3, -0.25) is 0 Å². The van der Waals surface area contributed by atoms with Crippen LogP contribution < -0.4 is 0 Å². The van der Waals surface area contributed by atoms with Crippen molar-refractivity contribution in [3.8, 4) is 0 Å². The van der Waals surface area contributed by atoms with E-state index in [-0.39, 0.29) is 5.58 Å². The second-order valence-corrected chi connectivity index (χ2v) is 3.69. The quantitative estimate of drug-likeness (QED) is 0.871. The monoisotopic (exact) mass is 224 g/mol. The fraction of sp³-hybridized carbons (Fsp3) is 0.333. The molecule has 0 aliphatic rings. The van der Waals surface area contributed by atoms with E-state index in [2.05, 4.69) is 0 Å². The average Bonchev–Trinajstić information content (AvgIpc) is 2.72. The highest BCUT2D eigenvalue weighted by atomic mass is 19.1. The SMILES string of the molecule is COC(C)C(O)c1cc2cccc(F)c2o1. The Balaban J connectivity index is 2.43. The first kappa shape index (κ1) is 11.1. The summed E-state index contributed by atoms with van der Waals surface area (Å²) in [7, 11) is 1.50. The summed E-state index contributed by atoms with van der Waals surface area (Å²) in [5.74, 6) is -0.115. The maximum absolute atomic E-state index is 13.3. The Morgan fingerprint density at radius 2 is 2.19 bits per heavy atom. The van der Waals surface area contributed by atoms with Crippen molar-refractivity contribution in [2.75, 3.05) is 7.11 Å². The largest absolute Gasteiger partial charge is 0.455 e. The zero-order valence-electron chi connectivity index (χ0n) is 9.11. The average molecular weight is 224 g/mol. The molecule has 1 aromatic carbocycles. The number of hydrogen-bond donors (Lipinski definition) is 1. The van der Waals surface area contributed by atoms with Crippen molar-refractivity contribution < 1.29 is 18.7 Å². The first-order valence-electron chi connectivity index (χ1n) is 5.02. The van der Waals surface area contributed by atoms with Gasteiger partial charge in [-0.2, -0.15) is 0 Å². The number of rotatable bonds is 3. The van der Waals surface area contributed by atoms with Gasteiger partial charge in [0.05, 0.1) is 6.10 Å². The van der Waals surface area contributed by atoms with Crippen molar-refractivity contribution in [1.82, 2.24) is 0 Å². The van der Waals surface area contributed by atoms with Crippen LogP contribution in [0, 0.1) is 5.82 Å². The lowest BCUT2D eigenvalue weighted by molar-refractivity contribution is -0.0115. The molecule has 2 aromatic rings. The van der Waals surface area contributed by atoms with Crippen LogP contribution >= 0.6 is 0 Å². The number of fused-ring (bicyclic) bond motifs is 1. The van der Waals surface area contributed by atoms with Crippen molar-refractivity contribution >= 4 is 11.0 Å². The summed E-state index contributed by atoms with van der Waals surface area (Å²) in [6, 6.07) is 6.28. The van der Waals surface area contributed by atoms with Crippen LogP contribution in [0.2, 0.25) is 0 Å². The van der Waals surface area contributed by atoms with Gasteiger partial charge >= 0.3 is 0 Å². The van der Waals surface area contributed by atoms with E-state index in [1.54, 1.807) is 25.1 Å². The number of methoxy groups -OCH3 is 1. The molecule has 2 atom stereocenters. The molecule has 1 aromatic heterocycles. The Hall–Kier alpha value is -1.39. The number of halogens is 1. The third-order valence-electron chi connectivity index (χ3n) is 2.62. The molecule has 0 amide bonds. The van der Waals surface area contributed by atoms with Crippen LogP contribution in [0.4, 0.5) is 4.39 Å². The predicted molar refractivity (Wildman–Crippen MR) is 57.6 cm³/mol. The fourth-order valence-corrected chi connectivity index (χ4v) is 1.55. The number of para-hydroxylation sites is 1. The van der Waals surface area contributed by atoms with Crippen LogP contribution in [0.1, 0.15) is 18.8 Å². The van der Waals surface area contributed by atoms with E-state index in [1.807, 2.05) is 0 Å². The van der Waals surface area contributed by atoms with Gasteiger partial charge in [0.2, 0.25) is 0 Å². The molecule has 2 unspecified atom stereocenters. The number of benzene rings is 1.